The van der Waals surface area contributed by atoms with Crippen LogP contribution in [0.15, 0.2) is 151 Å². The Morgan fingerprint density at radius 2 is 1.37 bits per heavy atom. The molecule has 0 amide bonds. The molecule has 1 unspecified atom stereocenters. The van der Waals surface area contributed by atoms with Gasteiger partial charge < -0.3 is 4.57 Å². The van der Waals surface area contributed by atoms with Crippen LogP contribution in [0.5, 0.6) is 0 Å². The number of benzene rings is 5. The second kappa shape index (κ2) is 10.2. The molecular formula is C40H26NOP. The molecule has 1 aliphatic rings. The fraction of sp³-hybridized carbons (Fsp3) is 0.0250. The third-order valence-corrected chi connectivity index (χ3v) is 11.5. The molecule has 0 spiro atoms. The van der Waals surface area contributed by atoms with E-state index >= 15 is 4.57 Å². The van der Waals surface area contributed by atoms with E-state index in [0.717, 1.165) is 76.8 Å². The minimum Gasteiger partial charge on any atom is -0.309 e. The van der Waals surface area contributed by atoms with Gasteiger partial charge in [-0.3, -0.25) is 0 Å². The van der Waals surface area contributed by atoms with Crippen molar-refractivity contribution in [3.63, 3.8) is 0 Å². The van der Waals surface area contributed by atoms with E-state index in [-0.39, 0.29) is 0 Å². The molecule has 0 aliphatic heterocycles. The third kappa shape index (κ3) is 4.13. The molecule has 1 heterocycles. The van der Waals surface area contributed by atoms with Crippen molar-refractivity contribution in [3.8, 4) is 11.1 Å². The van der Waals surface area contributed by atoms with Gasteiger partial charge in [-0.2, -0.15) is 0 Å². The molecule has 6 aromatic carbocycles. The maximum atomic E-state index is 15.1. The Kier molecular flexibility index (Phi) is 6.07. The summed E-state index contributed by atoms with van der Waals surface area (Å²) in [5.41, 5.74) is 3.97. The van der Waals surface area contributed by atoms with E-state index in [1.165, 1.54) is 0 Å². The normalized spacial score (nSPS) is 14.5. The second-order valence-corrected chi connectivity index (χ2v) is 13.6. The highest BCUT2D eigenvalue weighted by Gasteiger charge is 2.30. The molecular weight excluding hydrogens is 541 g/mol. The van der Waals surface area contributed by atoms with Crippen LogP contribution in [0.25, 0.3) is 54.5 Å². The summed E-state index contributed by atoms with van der Waals surface area (Å²) in [6.45, 7) is 0. The Bertz CT molecular complexity index is 2240. The fourth-order valence-corrected chi connectivity index (χ4v) is 8.98. The average Bonchev–Trinajstić information content (AvgIpc) is 3.38. The number of hydrogen-bond acceptors (Lipinski definition) is 2. The largest absolute Gasteiger partial charge is 0.309 e. The zero-order valence-electron chi connectivity index (χ0n) is 23.4. The molecule has 3 heteroatoms. The molecule has 2 nitrogen and oxygen atoms in total. The van der Waals surface area contributed by atoms with Gasteiger partial charge in [-0.1, -0.05) is 152 Å². The summed E-state index contributed by atoms with van der Waals surface area (Å²) in [4.78, 5) is 5.27. The number of rotatable bonds is 4. The lowest BCUT2D eigenvalue weighted by Gasteiger charge is -2.21. The van der Waals surface area contributed by atoms with E-state index in [2.05, 4.69) is 84.9 Å². The van der Waals surface area contributed by atoms with Gasteiger partial charge in [-0.05, 0) is 23.4 Å². The highest BCUT2D eigenvalue weighted by molar-refractivity contribution is 7.82. The number of fused-ring (bicyclic) bond motifs is 6. The summed E-state index contributed by atoms with van der Waals surface area (Å²) < 4.78 is 15.1. The van der Waals surface area contributed by atoms with Crippen molar-refractivity contribution in [1.29, 1.82) is 0 Å². The Morgan fingerprint density at radius 3 is 2.23 bits per heavy atom. The highest BCUT2D eigenvalue weighted by Crippen LogP contribution is 2.53. The first kappa shape index (κ1) is 25.5. The lowest BCUT2D eigenvalue weighted by molar-refractivity contribution is 0.591. The molecule has 0 bridgehead atoms. The number of aromatic nitrogens is 1. The van der Waals surface area contributed by atoms with Crippen LogP contribution >= 0.6 is 7.14 Å². The molecule has 0 fully saturated rings. The number of pyridine rings is 1. The van der Waals surface area contributed by atoms with Gasteiger partial charge >= 0.3 is 0 Å². The molecule has 0 radical (unpaired) electrons. The fourth-order valence-electron chi connectivity index (χ4n) is 6.27. The summed E-state index contributed by atoms with van der Waals surface area (Å²) in [5.74, 6) is 0. The topological polar surface area (TPSA) is 30.0 Å². The summed E-state index contributed by atoms with van der Waals surface area (Å²) >= 11 is 0. The standard InChI is InChI=1S/C40H26NOP/c42-43(32-16-6-3-7-17-32,31-14-4-1-2-5-15-31)33-24-20-30(21-25-33)38-36-26-22-28-12-8-10-18-34(28)39(36)41-40-35-19-11-9-13-29(35)23-27-37(38)40/h1-4,6-22,24-26H,5H2. The van der Waals surface area contributed by atoms with Crippen LogP contribution in [0.3, 0.4) is 0 Å². The molecule has 1 atom stereocenters. The summed E-state index contributed by atoms with van der Waals surface area (Å²) in [5, 5.41) is 8.82. The van der Waals surface area contributed by atoms with Crippen molar-refractivity contribution in [1.82, 2.24) is 4.98 Å². The summed E-state index contributed by atoms with van der Waals surface area (Å²) in [6, 6.07) is 46.0. The molecule has 1 aliphatic carbocycles. The van der Waals surface area contributed by atoms with E-state index in [4.69, 9.17) is 4.98 Å². The van der Waals surface area contributed by atoms with Gasteiger partial charge in [0.2, 0.25) is 0 Å². The number of hydrogen-bond donors (Lipinski definition) is 0. The van der Waals surface area contributed by atoms with Crippen molar-refractivity contribution in [3.05, 3.63) is 163 Å². The van der Waals surface area contributed by atoms with Crippen LogP contribution in [0, 0.1) is 12.1 Å². The molecule has 0 saturated heterocycles. The van der Waals surface area contributed by atoms with Crippen molar-refractivity contribution in [2.75, 3.05) is 0 Å². The molecule has 8 rings (SSSR count). The Balaban J connectivity index is 1.39. The molecule has 7 aromatic rings. The van der Waals surface area contributed by atoms with Crippen LogP contribution in [0.4, 0.5) is 0 Å². The van der Waals surface area contributed by atoms with Crippen LogP contribution in [-0.4, -0.2) is 4.98 Å². The molecule has 1 aromatic heterocycles. The molecule has 43 heavy (non-hydrogen) atoms. The summed E-state index contributed by atoms with van der Waals surface area (Å²) in [7, 11) is -3.09. The van der Waals surface area contributed by atoms with Crippen molar-refractivity contribution < 1.29 is 4.57 Å². The minimum absolute atomic E-state index is 0.750. The zero-order valence-corrected chi connectivity index (χ0v) is 24.3. The van der Waals surface area contributed by atoms with E-state index < -0.39 is 7.14 Å². The smallest absolute Gasteiger partial charge is 0.170 e. The van der Waals surface area contributed by atoms with Gasteiger partial charge in [0.25, 0.3) is 0 Å². The quantitative estimate of drug-likeness (QED) is 0.157. The van der Waals surface area contributed by atoms with Gasteiger partial charge in [-0.25, -0.2) is 4.98 Å². The lowest BCUT2D eigenvalue weighted by Crippen LogP contribution is -2.17. The first-order valence-corrected chi connectivity index (χ1v) is 16.2. The number of allylic oxidation sites excluding steroid dienone is 6. The van der Waals surface area contributed by atoms with Gasteiger partial charge in [-0.15, -0.1) is 0 Å². The maximum Gasteiger partial charge on any atom is 0.170 e. The van der Waals surface area contributed by atoms with Crippen LogP contribution < -0.4 is 10.6 Å². The Labute approximate surface area is 250 Å². The molecule has 0 saturated carbocycles. The van der Waals surface area contributed by atoms with Crippen LogP contribution in [-0.2, 0) is 4.57 Å². The van der Waals surface area contributed by atoms with E-state index in [1.807, 2.05) is 72.8 Å². The molecule has 0 N–H and O–H groups in total. The van der Waals surface area contributed by atoms with Gasteiger partial charge in [0.05, 0.1) is 16.4 Å². The first-order chi connectivity index (χ1) is 21.2. The van der Waals surface area contributed by atoms with Crippen molar-refractivity contribution in [2.45, 2.75) is 6.42 Å². The monoisotopic (exact) mass is 567 g/mol. The van der Waals surface area contributed by atoms with Crippen LogP contribution in [0.2, 0.25) is 0 Å². The first-order valence-electron chi connectivity index (χ1n) is 14.5. The Morgan fingerprint density at radius 1 is 0.628 bits per heavy atom. The summed E-state index contributed by atoms with van der Waals surface area (Å²) in [6.07, 6.45) is 10.9. The van der Waals surface area contributed by atoms with Crippen molar-refractivity contribution >= 4 is 61.1 Å². The van der Waals surface area contributed by atoms with Crippen LogP contribution in [0.1, 0.15) is 6.42 Å². The van der Waals surface area contributed by atoms with E-state index in [0.29, 0.717) is 0 Å². The predicted molar refractivity (Wildman–Crippen MR) is 182 cm³/mol. The average molecular weight is 568 g/mol. The maximum absolute atomic E-state index is 15.1. The minimum atomic E-state index is -3.09. The van der Waals surface area contributed by atoms with E-state index in [1.54, 1.807) is 0 Å². The Hall–Kier alpha value is -5.22. The van der Waals surface area contributed by atoms with Gasteiger partial charge in [0.15, 0.2) is 7.14 Å². The SMILES string of the molecule is O=P(C1=CCC=CC=C1)(c1ccccc1)c1ccc(-c2c3c#cc4ccccc4c3nc3c2ccc2ccccc23)cc1. The third-order valence-electron chi connectivity index (χ3n) is 8.36. The van der Waals surface area contributed by atoms with E-state index in [9.17, 15) is 0 Å². The molecule has 202 valence electrons. The second-order valence-electron chi connectivity index (χ2n) is 10.8. The van der Waals surface area contributed by atoms with Crippen molar-refractivity contribution in [2.24, 2.45) is 0 Å². The zero-order chi connectivity index (χ0) is 28.8. The predicted octanol–water partition coefficient (Wildman–Crippen LogP) is 9.68. The highest BCUT2D eigenvalue weighted by atomic mass is 31.2. The number of nitrogens with zero attached hydrogens (tertiary/aromatic N) is 1. The van der Waals surface area contributed by atoms with Gasteiger partial charge in [0, 0.05) is 43.0 Å². The lowest BCUT2D eigenvalue weighted by atomic mass is 9.93. The van der Waals surface area contributed by atoms with Gasteiger partial charge in [0.1, 0.15) is 0 Å².